The minimum absolute atomic E-state index is 0.335. The summed E-state index contributed by atoms with van der Waals surface area (Å²) in [6.07, 6.45) is 1.70. The predicted molar refractivity (Wildman–Crippen MR) is 148 cm³/mol. The van der Waals surface area contributed by atoms with Gasteiger partial charge < -0.3 is 9.97 Å². The zero-order valence-corrected chi connectivity index (χ0v) is 19.9. The van der Waals surface area contributed by atoms with Crippen LogP contribution >= 0.6 is 11.6 Å². The molecule has 6 aromatic rings. The third-order valence-electron chi connectivity index (χ3n) is 6.22. The SMILES string of the molecule is O=C(NN=Cc1c(-c2ccccc2)[nH]c2ccccc12)c1[nH]c2ccc(Cl)cc2c1-c1ccccc1. The van der Waals surface area contributed by atoms with Gasteiger partial charge in [-0.05, 0) is 35.4 Å². The molecule has 4 aromatic carbocycles. The van der Waals surface area contributed by atoms with Gasteiger partial charge in [-0.1, -0.05) is 90.5 Å². The Morgan fingerprint density at radius 1 is 0.750 bits per heavy atom. The van der Waals surface area contributed by atoms with Gasteiger partial charge in [0.1, 0.15) is 5.69 Å². The van der Waals surface area contributed by atoms with Crippen LogP contribution in [0.25, 0.3) is 44.2 Å². The van der Waals surface area contributed by atoms with Gasteiger partial charge >= 0.3 is 0 Å². The highest BCUT2D eigenvalue weighted by Gasteiger charge is 2.19. The van der Waals surface area contributed by atoms with Gasteiger partial charge in [-0.25, -0.2) is 5.43 Å². The smallest absolute Gasteiger partial charge is 0.288 e. The van der Waals surface area contributed by atoms with Crippen molar-refractivity contribution in [1.29, 1.82) is 0 Å². The highest BCUT2D eigenvalue weighted by Crippen LogP contribution is 2.34. The molecule has 174 valence electrons. The summed E-state index contributed by atoms with van der Waals surface area (Å²) in [7, 11) is 0. The molecular formula is C30H21ClN4O. The van der Waals surface area contributed by atoms with Gasteiger partial charge in [-0.2, -0.15) is 5.10 Å². The lowest BCUT2D eigenvalue weighted by molar-refractivity contribution is 0.0951. The Labute approximate surface area is 212 Å². The van der Waals surface area contributed by atoms with Crippen LogP contribution in [0, 0.1) is 0 Å². The molecule has 6 heteroatoms. The Hall–Kier alpha value is -4.61. The number of benzene rings is 4. The first-order chi connectivity index (χ1) is 17.7. The molecule has 1 amide bonds. The van der Waals surface area contributed by atoms with E-state index in [0.29, 0.717) is 10.7 Å². The van der Waals surface area contributed by atoms with Crippen LogP contribution in [0.3, 0.4) is 0 Å². The van der Waals surface area contributed by atoms with Crippen molar-refractivity contribution in [2.24, 2.45) is 5.10 Å². The van der Waals surface area contributed by atoms with Gasteiger partial charge in [0, 0.05) is 38.0 Å². The Morgan fingerprint density at radius 3 is 2.19 bits per heavy atom. The van der Waals surface area contributed by atoms with E-state index in [0.717, 1.165) is 49.8 Å². The molecule has 3 N–H and O–H groups in total. The van der Waals surface area contributed by atoms with E-state index in [9.17, 15) is 4.79 Å². The molecule has 0 aliphatic rings. The molecule has 2 heterocycles. The normalized spacial score (nSPS) is 11.5. The molecule has 36 heavy (non-hydrogen) atoms. The monoisotopic (exact) mass is 488 g/mol. The van der Waals surface area contributed by atoms with Crippen LogP contribution in [-0.2, 0) is 0 Å². The van der Waals surface area contributed by atoms with Crippen LogP contribution in [0.2, 0.25) is 5.02 Å². The lowest BCUT2D eigenvalue weighted by Crippen LogP contribution is -2.18. The number of fused-ring (bicyclic) bond motifs is 2. The fourth-order valence-electron chi connectivity index (χ4n) is 4.58. The number of amides is 1. The number of rotatable bonds is 5. The lowest BCUT2D eigenvalue weighted by atomic mass is 10.0. The maximum atomic E-state index is 13.3. The second-order valence-corrected chi connectivity index (χ2v) is 8.89. The van der Waals surface area contributed by atoms with E-state index in [2.05, 4.69) is 20.5 Å². The number of carbonyl (C=O) groups is 1. The maximum Gasteiger partial charge on any atom is 0.288 e. The fourth-order valence-corrected chi connectivity index (χ4v) is 4.75. The number of H-pyrrole nitrogens is 2. The number of nitrogens with zero attached hydrogens (tertiary/aromatic N) is 1. The summed E-state index contributed by atoms with van der Waals surface area (Å²) in [5.41, 5.74) is 9.58. The molecular weight excluding hydrogens is 468 g/mol. The summed E-state index contributed by atoms with van der Waals surface area (Å²) in [4.78, 5) is 20.1. The first kappa shape index (κ1) is 21.9. The second-order valence-electron chi connectivity index (χ2n) is 8.46. The summed E-state index contributed by atoms with van der Waals surface area (Å²) in [5.74, 6) is -0.335. The third-order valence-corrected chi connectivity index (χ3v) is 6.45. The van der Waals surface area contributed by atoms with E-state index in [-0.39, 0.29) is 5.91 Å². The Balaban J connectivity index is 1.38. The van der Waals surface area contributed by atoms with E-state index in [4.69, 9.17) is 11.6 Å². The molecule has 0 saturated carbocycles. The standard InChI is InChI=1S/C30H21ClN4O/c31-21-15-16-26-23(17-21)27(19-9-3-1-4-10-19)29(34-26)30(36)35-32-18-24-22-13-7-8-14-25(22)33-28(24)20-11-5-2-6-12-20/h1-18,33-34H,(H,35,36). The van der Waals surface area contributed by atoms with Crippen molar-refractivity contribution < 1.29 is 4.79 Å². The van der Waals surface area contributed by atoms with Crippen LogP contribution < -0.4 is 5.43 Å². The maximum absolute atomic E-state index is 13.3. The third kappa shape index (κ3) is 3.96. The predicted octanol–water partition coefficient (Wildman–Crippen LogP) is 7.40. The van der Waals surface area contributed by atoms with Crippen LogP contribution in [0.15, 0.2) is 108 Å². The highest BCUT2D eigenvalue weighted by atomic mass is 35.5. The lowest BCUT2D eigenvalue weighted by Gasteiger charge is -2.05. The Kier molecular flexibility index (Phi) is 5.60. The molecule has 0 radical (unpaired) electrons. The first-order valence-corrected chi connectivity index (χ1v) is 11.9. The second kappa shape index (κ2) is 9.21. The zero-order chi connectivity index (χ0) is 24.5. The fraction of sp³-hybridized carbons (Fsp3) is 0. The highest BCUT2D eigenvalue weighted by molar-refractivity contribution is 6.31. The zero-order valence-electron chi connectivity index (χ0n) is 19.1. The van der Waals surface area contributed by atoms with Crippen LogP contribution in [0.5, 0.6) is 0 Å². The van der Waals surface area contributed by atoms with E-state index in [1.54, 1.807) is 12.3 Å². The van der Waals surface area contributed by atoms with E-state index in [1.165, 1.54) is 0 Å². The number of hydrazone groups is 1. The van der Waals surface area contributed by atoms with E-state index in [1.807, 2.05) is 97.1 Å². The number of carbonyl (C=O) groups excluding carboxylic acids is 1. The summed E-state index contributed by atoms with van der Waals surface area (Å²) in [6.45, 7) is 0. The largest absolute Gasteiger partial charge is 0.354 e. The van der Waals surface area contributed by atoms with Crippen molar-refractivity contribution in [2.75, 3.05) is 0 Å². The van der Waals surface area contributed by atoms with Crippen molar-refractivity contribution in [1.82, 2.24) is 15.4 Å². The molecule has 6 rings (SSSR count). The van der Waals surface area contributed by atoms with Crippen molar-refractivity contribution in [3.05, 3.63) is 119 Å². The van der Waals surface area contributed by atoms with Gasteiger partial charge in [-0.15, -0.1) is 0 Å². The molecule has 0 spiro atoms. The summed E-state index contributed by atoms with van der Waals surface area (Å²) >= 11 is 6.28. The molecule has 0 bridgehead atoms. The van der Waals surface area contributed by atoms with Crippen molar-refractivity contribution in [3.8, 4) is 22.4 Å². The van der Waals surface area contributed by atoms with Crippen molar-refractivity contribution in [3.63, 3.8) is 0 Å². The number of aromatic amines is 2. The number of halogens is 1. The molecule has 0 saturated heterocycles. The quantitative estimate of drug-likeness (QED) is 0.172. The van der Waals surface area contributed by atoms with Gasteiger partial charge in [0.05, 0.1) is 11.9 Å². The number of aromatic nitrogens is 2. The van der Waals surface area contributed by atoms with Crippen LogP contribution in [-0.4, -0.2) is 22.1 Å². The Bertz CT molecular complexity index is 1730. The molecule has 0 unspecified atom stereocenters. The molecule has 0 fully saturated rings. The van der Waals surface area contributed by atoms with Crippen molar-refractivity contribution in [2.45, 2.75) is 0 Å². The molecule has 2 aromatic heterocycles. The molecule has 0 aliphatic carbocycles. The van der Waals surface area contributed by atoms with Gasteiger partial charge in [0.15, 0.2) is 0 Å². The van der Waals surface area contributed by atoms with Crippen LogP contribution in [0.1, 0.15) is 16.1 Å². The summed E-state index contributed by atoms with van der Waals surface area (Å²) < 4.78 is 0. The minimum atomic E-state index is -0.335. The first-order valence-electron chi connectivity index (χ1n) is 11.6. The van der Waals surface area contributed by atoms with Gasteiger partial charge in [0.2, 0.25) is 0 Å². The molecule has 5 nitrogen and oxygen atoms in total. The van der Waals surface area contributed by atoms with E-state index >= 15 is 0 Å². The van der Waals surface area contributed by atoms with E-state index < -0.39 is 0 Å². The summed E-state index contributed by atoms with van der Waals surface area (Å²) in [5, 5.41) is 6.87. The molecule has 0 aliphatic heterocycles. The number of para-hydroxylation sites is 1. The average molecular weight is 489 g/mol. The van der Waals surface area contributed by atoms with Crippen LogP contribution in [0.4, 0.5) is 0 Å². The van der Waals surface area contributed by atoms with Crippen molar-refractivity contribution >= 4 is 45.5 Å². The number of nitrogens with one attached hydrogen (secondary N) is 3. The Morgan fingerprint density at radius 2 is 1.42 bits per heavy atom. The summed E-state index contributed by atoms with van der Waals surface area (Å²) in [6, 6.07) is 33.4. The average Bonchev–Trinajstić information content (AvgIpc) is 3.48. The number of hydrogen-bond acceptors (Lipinski definition) is 2. The number of hydrogen-bond donors (Lipinski definition) is 3. The topological polar surface area (TPSA) is 73.0 Å². The van der Waals surface area contributed by atoms with Gasteiger partial charge in [0.25, 0.3) is 5.91 Å². The minimum Gasteiger partial charge on any atom is -0.354 e. The van der Waals surface area contributed by atoms with Gasteiger partial charge in [-0.3, -0.25) is 4.79 Å². The molecule has 0 atom stereocenters.